The van der Waals surface area contributed by atoms with Crippen LogP contribution in [0.25, 0.3) is 0 Å². The smallest absolute Gasteiger partial charge is 0.346 e. The number of anilines is 1. The highest BCUT2D eigenvalue weighted by atomic mass is 32.2. The van der Waals surface area contributed by atoms with E-state index in [1.54, 1.807) is 17.0 Å². The average molecular weight is 631 g/mol. The largest absolute Gasteiger partial charge is 0.418 e. The summed E-state index contributed by atoms with van der Waals surface area (Å²) in [6, 6.07) is 10.9. The summed E-state index contributed by atoms with van der Waals surface area (Å²) in [4.78, 5) is 31.0. The number of sulfonamides is 1. The minimum absolute atomic E-state index is 0.0451. The SMILES string of the molecule is CC(=O)N1CCC2(CC1)c1cc(C(=O)NCc3ncccc3C(F)(F)F)ccc1N(S(=O)(=O)c1ccc(F)cc1)C2C1CC1. The van der Waals surface area contributed by atoms with E-state index in [0.717, 1.165) is 31.0 Å². The number of rotatable bonds is 6. The van der Waals surface area contributed by atoms with Gasteiger partial charge in [0.2, 0.25) is 5.91 Å². The topological polar surface area (TPSA) is 99.7 Å². The molecule has 1 saturated carbocycles. The molecule has 2 aliphatic heterocycles. The Bertz CT molecular complexity index is 1720. The zero-order valence-electron chi connectivity index (χ0n) is 23.8. The van der Waals surface area contributed by atoms with Crippen LogP contribution in [0.2, 0.25) is 0 Å². The van der Waals surface area contributed by atoms with Crippen molar-refractivity contribution >= 4 is 27.5 Å². The van der Waals surface area contributed by atoms with Gasteiger partial charge in [-0.3, -0.25) is 18.9 Å². The summed E-state index contributed by atoms with van der Waals surface area (Å²) in [7, 11) is -4.16. The van der Waals surface area contributed by atoms with Crippen molar-refractivity contribution in [2.75, 3.05) is 17.4 Å². The van der Waals surface area contributed by atoms with Crippen LogP contribution >= 0.6 is 0 Å². The molecule has 1 spiro atoms. The summed E-state index contributed by atoms with van der Waals surface area (Å²) in [6.45, 7) is 1.83. The second kappa shape index (κ2) is 10.9. The Hall–Kier alpha value is -4.00. The standard InChI is InChI=1S/C31H30F4N4O4S/c1-19(40)38-15-12-30(13-16-38)25-17-21(29(41)37-18-26-24(31(33,34)35)3-2-14-36-26)6-11-27(25)39(28(30)20-4-5-20)44(42,43)23-9-7-22(32)8-10-23/h2-3,6-11,14,17,20,28H,4-5,12-13,15-16,18H2,1H3,(H,37,41). The fourth-order valence-electron chi connectivity index (χ4n) is 6.74. The monoisotopic (exact) mass is 630 g/mol. The molecule has 13 heteroatoms. The van der Waals surface area contributed by atoms with Gasteiger partial charge >= 0.3 is 6.18 Å². The van der Waals surface area contributed by atoms with Crippen molar-refractivity contribution in [2.45, 2.75) is 61.7 Å². The number of amides is 2. The lowest BCUT2D eigenvalue weighted by molar-refractivity contribution is -0.138. The molecule has 8 nitrogen and oxygen atoms in total. The maximum atomic E-state index is 14.2. The number of aromatic nitrogens is 1. The van der Waals surface area contributed by atoms with E-state index in [-0.39, 0.29) is 28.0 Å². The summed E-state index contributed by atoms with van der Waals surface area (Å²) in [5, 5.41) is 2.53. The number of pyridine rings is 1. The number of nitrogens with one attached hydrogen (secondary N) is 1. The Labute approximate surface area is 252 Å². The van der Waals surface area contributed by atoms with Crippen molar-refractivity contribution in [1.82, 2.24) is 15.2 Å². The van der Waals surface area contributed by atoms with Crippen LogP contribution in [0.15, 0.2) is 65.7 Å². The molecule has 3 heterocycles. The van der Waals surface area contributed by atoms with Crippen LogP contribution in [0, 0.1) is 11.7 Å². The fourth-order valence-corrected chi connectivity index (χ4v) is 8.54. The minimum atomic E-state index is -4.64. The van der Waals surface area contributed by atoms with Crippen molar-refractivity contribution in [3.8, 4) is 0 Å². The first-order valence-electron chi connectivity index (χ1n) is 14.3. The number of likely N-dealkylation sites (tertiary alicyclic amines) is 1. The fraction of sp³-hybridized carbons (Fsp3) is 0.387. The van der Waals surface area contributed by atoms with Gasteiger partial charge in [-0.25, -0.2) is 12.8 Å². The lowest BCUT2D eigenvalue weighted by Crippen LogP contribution is -2.54. The van der Waals surface area contributed by atoms with Gasteiger partial charge in [0.05, 0.1) is 34.4 Å². The predicted molar refractivity (Wildman–Crippen MR) is 153 cm³/mol. The highest BCUT2D eigenvalue weighted by Gasteiger charge is 2.60. The maximum absolute atomic E-state index is 14.2. The number of piperidine rings is 1. The van der Waals surface area contributed by atoms with E-state index in [9.17, 15) is 35.6 Å². The van der Waals surface area contributed by atoms with Crippen LogP contribution in [0.5, 0.6) is 0 Å². The van der Waals surface area contributed by atoms with Gasteiger partial charge in [0, 0.05) is 37.2 Å². The highest BCUT2D eigenvalue weighted by Crippen LogP contribution is 2.59. The Balaban J connectivity index is 1.40. The molecule has 232 valence electrons. The number of halogens is 4. The molecule has 1 aromatic heterocycles. The van der Waals surface area contributed by atoms with E-state index in [2.05, 4.69) is 10.3 Å². The number of fused-ring (bicyclic) bond motifs is 2. The number of carbonyl (C=O) groups is 2. The molecule has 1 aliphatic carbocycles. The van der Waals surface area contributed by atoms with Crippen molar-refractivity contribution in [1.29, 1.82) is 0 Å². The highest BCUT2D eigenvalue weighted by molar-refractivity contribution is 7.92. The van der Waals surface area contributed by atoms with Crippen molar-refractivity contribution in [3.63, 3.8) is 0 Å². The zero-order chi connectivity index (χ0) is 31.4. The van der Waals surface area contributed by atoms with E-state index in [4.69, 9.17) is 0 Å². The minimum Gasteiger partial charge on any atom is -0.346 e. The molecule has 2 fully saturated rings. The normalized spacial score (nSPS) is 19.6. The van der Waals surface area contributed by atoms with Gasteiger partial charge in [-0.15, -0.1) is 0 Å². The van der Waals surface area contributed by atoms with Crippen LogP contribution in [0.1, 0.15) is 59.8 Å². The molecule has 3 aliphatic rings. The maximum Gasteiger partial charge on any atom is 0.418 e. The third kappa shape index (κ3) is 5.20. The molecule has 1 N–H and O–H groups in total. The molecule has 44 heavy (non-hydrogen) atoms. The van der Waals surface area contributed by atoms with E-state index < -0.39 is 51.5 Å². The number of benzene rings is 2. The number of hydrogen-bond donors (Lipinski definition) is 1. The van der Waals surface area contributed by atoms with Gasteiger partial charge < -0.3 is 10.2 Å². The molecular formula is C31H30F4N4O4S. The van der Waals surface area contributed by atoms with Crippen LogP contribution in [0.3, 0.4) is 0 Å². The molecule has 6 rings (SSSR count). The van der Waals surface area contributed by atoms with E-state index in [1.807, 2.05) is 0 Å². The molecule has 1 atom stereocenters. The van der Waals surface area contributed by atoms with E-state index in [1.165, 1.54) is 41.7 Å². The Morgan fingerprint density at radius 2 is 1.73 bits per heavy atom. The molecule has 3 aromatic rings. The molecule has 1 saturated heterocycles. The second-order valence-electron chi connectivity index (χ2n) is 11.6. The van der Waals surface area contributed by atoms with Gasteiger partial charge in [0.15, 0.2) is 0 Å². The number of carbonyl (C=O) groups excluding carboxylic acids is 2. The molecule has 1 unspecified atom stereocenters. The van der Waals surface area contributed by atoms with E-state index >= 15 is 0 Å². The first kappa shape index (κ1) is 30.0. The first-order chi connectivity index (χ1) is 20.8. The van der Waals surface area contributed by atoms with Crippen molar-refractivity contribution in [2.24, 2.45) is 5.92 Å². The summed E-state index contributed by atoms with van der Waals surface area (Å²) in [5.41, 5.74) is -0.770. The molecular weight excluding hydrogens is 600 g/mol. The Morgan fingerprint density at radius 3 is 2.34 bits per heavy atom. The number of alkyl halides is 3. The number of nitrogens with zero attached hydrogens (tertiary/aromatic N) is 3. The van der Waals surface area contributed by atoms with Gasteiger partial charge in [-0.1, -0.05) is 0 Å². The van der Waals surface area contributed by atoms with Crippen LogP contribution in [0.4, 0.5) is 23.2 Å². The number of hydrogen-bond acceptors (Lipinski definition) is 5. The quantitative estimate of drug-likeness (QED) is 0.385. The second-order valence-corrected chi connectivity index (χ2v) is 13.4. The summed E-state index contributed by atoms with van der Waals surface area (Å²) >= 11 is 0. The lowest BCUT2D eigenvalue weighted by Gasteiger charge is -2.45. The Kier molecular flexibility index (Phi) is 7.42. The predicted octanol–water partition coefficient (Wildman–Crippen LogP) is 5.04. The van der Waals surface area contributed by atoms with Crippen molar-refractivity contribution in [3.05, 3.63) is 89.0 Å². The third-order valence-corrected chi connectivity index (χ3v) is 10.8. The van der Waals surface area contributed by atoms with Crippen LogP contribution in [-0.4, -0.2) is 49.2 Å². The third-order valence-electron chi connectivity index (χ3n) is 9.00. The summed E-state index contributed by atoms with van der Waals surface area (Å²) in [6.07, 6.45) is -0.873. The zero-order valence-corrected chi connectivity index (χ0v) is 24.6. The molecule has 2 aromatic carbocycles. The molecule has 0 radical (unpaired) electrons. The van der Waals surface area contributed by atoms with Gasteiger partial charge in [0.1, 0.15) is 5.82 Å². The molecule has 0 bridgehead atoms. The van der Waals surface area contributed by atoms with Gasteiger partial charge in [0.25, 0.3) is 15.9 Å². The lowest BCUT2D eigenvalue weighted by atomic mass is 9.68. The van der Waals surface area contributed by atoms with Crippen LogP contribution in [-0.2, 0) is 33.0 Å². The van der Waals surface area contributed by atoms with E-state index in [0.29, 0.717) is 37.2 Å². The first-order valence-corrected chi connectivity index (χ1v) is 15.8. The van der Waals surface area contributed by atoms with Gasteiger partial charge in [-0.2, -0.15) is 13.2 Å². The Morgan fingerprint density at radius 1 is 1.05 bits per heavy atom. The van der Waals surface area contributed by atoms with Crippen molar-refractivity contribution < 1.29 is 35.6 Å². The van der Waals surface area contributed by atoms with Crippen LogP contribution < -0.4 is 9.62 Å². The summed E-state index contributed by atoms with van der Waals surface area (Å²) < 4.78 is 83.9. The molecule has 2 amide bonds. The average Bonchev–Trinajstić information content (AvgIpc) is 3.79. The summed E-state index contributed by atoms with van der Waals surface area (Å²) in [5.74, 6) is -1.24. The van der Waals surface area contributed by atoms with Gasteiger partial charge in [-0.05, 0) is 91.8 Å².